The van der Waals surface area contributed by atoms with Gasteiger partial charge < -0.3 is 15.2 Å². The summed E-state index contributed by atoms with van der Waals surface area (Å²) >= 11 is 0. The maximum atomic E-state index is 14.2. The number of nitrogens with two attached hydrogens (primary N) is 1. The Morgan fingerprint density at radius 2 is 2.06 bits per heavy atom. The molecule has 2 aliphatic carbocycles. The van der Waals surface area contributed by atoms with Crippen LogP contribution in [0.5, 0.6) is 0 Å². The Morgan fingerprint density at radius 1 is 1.35 bits per heavy atom. The molecule has 1 amide bonds. The number of carbonyl (C=O) groups excluding carboxylic acids is 1. The van der Waals surface area contributed by atoms with Gasteiger partial charge in [0.15, 0.2) is 11.5 Å². The van der Waals surface area contributed by atoms with Crippen LogP contribution < -0.4 is 5.73 Å². The summed E-state index contributed by atoms with van der Waals surface area (Å²) in [7, 11) is 1.77. The topological polar surface area (TPSA) is 101 Å². The van der Waals surface area contributed by atoms with Crippen molar-refractivity contribution in [2.24, 2.45) is 28.0 Å². The Kier molecular flexibility index (Phi) is 4.65. The molecule has 4 aliphatic rings. The largest absolute Gasteiger partial charge is 0.381 e. The van der Waals surface area contributed by atoms with Crippen molar-refractivity contribution in [3.05, 3.63) is 34.9 Å². The first-order chi connectivity index (χ1) is 14.8. The van der Waals surface area contributed by atoms with Crippen molar-refractivity contribution in [3.8, 4) is 6.07 Å². The molecule has 2 fully saturated rings. The number of methoxy groups -OCH3 is 1. The highest BCUT2D eigenvalue weighted by molar-refractivity contribution is 6.08. The summed E-state index contributed by atoms with van der Waals surface area (Å²) in [6, 6.07) is 7.93. The van der Waals surface area contributed by atoms with Crippen LogP contribution in [-0.4, -0.2) is 49.2 Å². The predicted octanol–water partition coefficient (Wildman–Crippen LogP) is 2.32. The normalized spacial score (nSPS) is 38.8. The number of rotatable bonds is 3. The van der Waals surface area contributed by atoms with Crippen LogP contribution in [0.15, 0.2) is 23.2 Å². The summed E-state index contributed by atoms with van der Waals surface area (Å²) in [5, 5.41) is 9.54. The van der Waals surface area contributed by atoms with Crippen LogP contribution in [0.2, 0.25) is 0 Å². The highest BCUT2D eigenvalue weighted by Crippen LogP contribution is 2.63. The number of aliphatic imine (C=N–C) groups is 1. The number of ether oxygens (including phenoxy) is 2. The van der Waals surface area contributed by atoms with E-state index in [1.165, 1.54) is 0 Å². The molecule has 2 spiro atoms. The molecule has 5 rings (SSSR count). The summed E-state index contributed by atoms with van der Waals surface area (Å²) in [6.07, 6.45) is 3.49. The molecular weight excluding hydrogens is 392 g/mol. The average molecular weight is 423 g/mol. The summed E-state index contributed by atoms with van der Waals surface area (Å²) in [5.74, 6) is 0.765. The van der Waals surface area contributed by atoms with Crippen molar-refractivity contribution in [3.63, 3.8) is 0 Å². The van der Waals surface area contributed by atoms with Gasteiger partial charge in [-0.1, -0.05) is 19.9 Å². The number of carbonyl (C=O) groups is 1. The molecule has 2 heterocycles. The summed E-state index contributed by atoms with van der Waals surface area (Å²) in [5.41, 5.74) is 7.44. The predicted molar refractivity (Wildman–Crippen MR) is 115 cm³/mol. The van der Waals surface area contributed by atoms with E-state index in [4.69, 9.17) is 20.2 Å². The van der Waals surface area contributed by atoms with Gasteiger partial charge in [-0.2, -0.15) is 5.26 Å². The molecule has 6 atom stereocenters. The molecule has 7 nitrogen and oxygen atoms in total. The van der Waals surface area contributed by atoms with E-state index < -0.39 is 5.54 Å². The summed E-state index contributed by atoms with van der Waals surface area (Å²) < 4.78 is 11.4. The van der Waals surface area contributed by atoms with Gasteiger partial charge in [0.25, 0.3) is 5.91 Å². The van der Waals surface area contributed by atoms with E-state index in [0.29, 0.717) is 12.1 Å². The van der Waals surface area contributed by atoms with Crippen LogP contribution in [0.25, 0.3) is 0 Å². The molecule has 0 radical (unpaired) electrons. The number of fused-ring (bicyclic) bond motifs is 3. The molecule has 0 bridgehead atoms. The smallest absolute Gasteiger partial charge is 0.262 e. The van der Waals surface area contributed by atoms with Gasteiger partial charge in [-0.05, 0) is 60.8 Å². The third kappa shape index (κ3) is 2.71. The molecule has 0 aromatic heterocycles. The Labute approximate surface area is 183 Å². The maximum Gasteiger partial charge on any atom is 0.262 e. The van der Waals surface area contributed by atoms with Gasteiger partial charge in [0.1, 0.15) is 0 Å². The van der Waals surface area contributed by atoms with E-state index in [9.17, 15) is 10.1 Å². The first-order valence-corrected chi connectivity index (χ1v) is 11.2. The van der Waals surface area contributed by atoms with E-state index in [-0.39, 0.29) is 41.3 Å². The molecule has 2 N–H and O–H groups in total. The van der Waals surface area contributed by atoms with Crippen LogP contribution >= 0.6 is 0 Å². The van der Waals surface area contributed by atoms with Gasteiger partial charge in [-0.3, -0.25) is 9.69 Å². The molecule has 0 unspecified atom stereocenters. The average Bonchev–Trinajstić information content (AvgIpc) is 3.10. The number of guanidine groups is 1. The minimum absolute atomic E-state index is 0.0113. The van der Waals surface area contributed by atoms with Crippen molar-refractivity contribution >= 4 is 11.9 Å². The fourth-order valence-corrected chi connectivity index (χ4v) is 6.84. The van der Waals surface area contributed by atoms with Crippen molar-refractivity contribution < 1.29 is 14.3 Å². The Hall–Kier alpha value is -2.43. The SMILES string of the molecule is CO[C@H]1[C@H](C)C[C@@]2(Cc3ccc(C#N)cc3[C@]23N=C(N)N(C[C@@H]2CCO2)C3=O)C[C@@H]1C. The Balaban J connectivity index is 1.65. The standard InChI is InChI=1S/C24H30N4O3/c1-14-9-23(10-15(2)20(14)30-3)11-17-5-4-16(12-25)8-19(17)24(23)21(29)28(22(26)27-24)13-18-6-7-31-18/h4-5,8,14-15,18,20H,6-7,9-11,13H2,1-3H3,(H2,26,27)/t14-,15+,18-,20+,23+,24+/m0/s1. The second-order valence-corrected chi connectivity index (χ2v) is 9.88. The minimum atomic E-state index is -1.08. The highest BCUT2D eigenvalue weighted by Gasteiger charge is 2.68. The lowest BCUT2D eigenvalue weighted by Gasteiger charge is -2.50. The molecule has 31 heavy (non-hydrogen) atoms. The zero-order valence-electron chi connectivity index (χ0n) is 18.4. The Morgan fingerprint density at radius 3 is 2.65 bits per heavy atom. The van der Waals surface area contributed by atoms with Crippen LogP contribution in [0.4, 0.5) is 0 Å². The van der Waals surface area contributed by atoms with E-state index in [2.05, 4.69) is 19.9 Å². The third-order valence-corrected chi connectivity index (χ3v) is 8.04. The molecule has 1 saturated heterocycles. The molecule has 7 heteroatoms. The van der Waals surface area contributed by atoms with Crippen molar-refractivity contribution in [2.45, 2.75) is 57.3 Å². The van der Waals surface area contributed by atoms with Crippen molar-refractivity contribution in [2.75, 3.05) is 20.3 Å². The van der Waals surface area contributed by atoms with E-state index in [1.807, 2.05) is 18.2 Å². The lowest BCUT2D eigenvalue weighted by molar-refractivity contribution is -0.145. The molecule has 164 valence electrons. The van der Waals surface area contributed by atoms with Gasteiger partial charge in [0, 0.05) is 19.1 Å². The lowest BCUT2D eigenvalue weighted by atomic mass is 9.56. The van der Waals surface area contributed by atoms with Crippen LogP contribution in [0.3, 0.4) is 0 Å². The van der Waals surface area contributed by atoms with Gasteiger partial charge in [-0.15, -0.1) is 0 Å². The zero-order valence-corrected chi connectivity index (χ0v) is 18.4. The van der Waals surface area contributed by atoms with E-state index >= 15 is 0 Å². The molecular formula is C24H30N4O3. The summed E-state index contributed by atoms with van der Waals surface area (Å²) in [4.78, 5) is 20.8. The highest BCUT2D eigenvalue weighted by atomic mass is 16.5. The number of hydrogen-bond acceptors (Lipinski definition) is 6. The van der Waals surface area contributed by atoms with Crippen molar-refractivity contribution in [1.82, 2.24) is 4.90 Å². The van der Waals surface area contributed by atoms with Gasteiger partial charge in [0.2, 0.25) is 0 Å². The van der Waals surface area contributed by atoms with E-state index in [0.717, 1.165) is 43.4 Å². The maximum absolute atomic E-state index is 14.2. The second kappa shape index (κ2) is 7.04. The van der Waals surface area contributed by atoms with Gasteiger partial charge >= 0.3 is 0 Å². The number of nitriles is 1. The molecule has 1 aromatic carbocycles. The van der Waals surface area contributed by atoms with Gasteiger partial charge in [0.05, 0.1) is 30.4 Å². The lowest BCUT2D eigenvalue weighted by Crippen LogP contribution is -2.56. The van der Waals surface area contributed by atoms with E-state index in [1.54, 1.807) is 12.0 Å². The fraction of sp³-hybridized carbons (Fsp3) is 0.625. The monoisotopic (exact) mass is 422 g/mol. The van der Waals surface area contributed by atoms with Crippen LogP contribution in [0, 0.1) is 28.6 Å². The summed E-state index contributed by atoms with van der Waals surface area (Å²) in [6.45, 7) is 5.57. The quantitative estimate of drug-likeness (QED) is 0.806. The fourth-order valence-electron chi connectivity index (χ4n) is 6.84. The molecule has 1 saturated carbocycles. The second-order valence-electron chi connectivity index (χ2n) is 9.88. The number of benzene rings is 1. The molecule has 1 aromatic rings. The van der Waals surface area contributed by atoms with Crippen molar-refractivity contribution in [1.29, 1.82) is 5.26 Å². The Bertz CT molecular complexity index is 983. The number of amides is 1. The van der Waals surface area contributed by atoms with Crippen LogP contribution in [0.1, 0.15) is 49.8 Å². The zero-order chi connectivity index (χ0) is 22.0. The van der Waals surface area contributed by atoms with Crippen LogP contribution in [-0.2, 0) is 26.2 Å². The number of hydrogen-bond donors (Lipinski definition) is 1. The molecule has 2 aliphatic heterocycles. The minimum Gasteiger partial charge on any atom is -0.381 e. The van der Waals surface area contributed by atoms with Gasteiger partial charge in [-0.25, -0.2) is 4.99 Å². The first kappa shape index (κ1) is 20.5. The third-order valence-electron chi connectivity index (χ3n) is 8.04. The first-order valence-electron chi connectivity index (χ1n) is 11.2. The number of nitrogens with zero attached hydrogens (tertiary/aromatic N) is 3.